The molecule has 1 spiro atoms. The summed E-state index contributed by atoms with van der Waals surface area (Å²) < 4.78 is 71.2. The Kier molecular flexibility index (Phi) is 11.0. The van der Waals surface area contributed by atoms with Gasteiger partial charge in [0.25, 0.3) is 5.91 Å². The van der Waals surface area contributed by atoms with Gasteiger partial charge in [0.1, 0.15) is 5.69 Å². The quantitative estimate of drug-likeness (QED) is 0.424. The highest BCUT2D eigenvalue weighted by Gasteiger charge is 2.52. The summed E-state index contributed by atoms with van der Waals surface area (Å²) in [5, 5.41) is 21.3. The Morgan fingerprint density at radius 1 is 1.15 bits per heavy atom. The number of aryl methyl sites for hydroxylation is 2. The van der Waals surface area contributed by atoms with Crippen molar-refractivity contribution in [1.82, 2.24) is 25.0 Å². The summed E-state index contributed by atoms with van der Waals surface area (Å²) in [5.41, 5.74) is 3.63. The van der Waals surface area contributed by atoms with E-state index in [1.807, 2.05) is 5.51 Å². The smallest absolute Gasteiger partial charge is 0.475 e. The van der Waals surface area contributed by atoms with Gasteiger partial charge in [-0.15, -0.1) is 11.3 Å². The van der Waals surface area contributed by atoms with Gasteiger partial charge in [0.15, 0.2) is 0 Å². The minimum Gasteiger partial charge on any atom is -0.475 e. The molecule has 3 N–H and O–H groups in total. The van der Waals surface area contributed by atoms with Crippen molar-refractivity contribution in [3.8, 4) is 0 Å². The number of nitrogens with zero attached hydrogens (tertiary/aromatic N) is 4. The van der Waals surface area contributed by atoms with Crippen molar-refractivity contribution in [3.63, 3.8) is 0 Å². The second-order valence-electron chi connectivity index (χ2n) is 8.90. The Morgan fingerprint density at radius 2 is 1.73 bits per heavy atom. The van der Waals surface area contributed by atoms with E-state index in [0.29, 0.717) is 18.2 Å². The van der Waals surface area contributed by atoms with Gasteiger partial charge in [-0.1, -0.05) is 0 Å². The molecule has 0 radical (unpaired) electrons. The summed E-state index contributed by atoms with van der Waals surface area (Å²) >= 11 is 1.73. The van der Waals surface area contributed by atoms with E-state index >= 15 is 0 Å². The number of aromatic nitrogens is 3. The average Bonchev–Trinajstić information content (AvgIpc) is 3.54. The van der Waals surface area contributed by atoms with Crippen LogP contribution in [0.3, 0.4) is 0 Å². The Balaban J connectivity index is 0.000000333. The number of carbonyl (C=O) groups excluding carboxylic acids is 1. The number of thiazole rings is 1. The lowest BCUT2D eigenvalue weighted by Gasteiger charge is -2.50. The highest BCUT2D eigenvalue weighted by molar-refractivity contribution is 7.09. The summed E-state index contributed by atoms with van der Waals surface area (Å²) in [7, 11) is 1.78. The molecule has 2 aromatic rings. The van der Waals surface area contributed by atoms with Crippen LogP contribution in [0.15, 0.2) is 17.8 Å². The third-order valence-corrected chi connectivity index (χ3v) is 7.03. The van der Waals surface area contributed by atoms with Gasteiger partial charge >= 0.3 is 24.3 Å². The molecule has 18 heteroatoms. The van der Waals surface area contributed by atoms with E-state index in [9.17, 15) is 31.1 Å². The number of halogens is 6. The number of likely N-dealkylation sites (tertiary alicyclic amines) is 1. The molecule has 2 fully saturated rings. The first-order chi connectivity index (χ1) is 18.5. The zero-order chi connectivity index (χ0) is 30.3. The van der Waals surface area contributed by atoms with Crippen LogP contribution in [0, 0.1) is 12.8 Å². The van der Waals surface area contributed by atoms with E-state index in [4.69, 9.17) is 24.5 Å². The SMILES string of the molecule is Cc1ncsc1CN1CC2(C1)OCCC2CCNC(=O)c1ccnn1C.O=C(O)C(F)(F)F.O=C(O)C(F)(F)F. The van der Waals surface area contributed by atoms with Crippen LogP contribution in [-0.2, 0) is 27.9 Å². The van der Waals surface area contributed by atoms with Crippen LogP contribution >= 0.6 is 11.3 Å². The molecule has 2 saturated heterocycles. The molecule has 40 heavy (non-hydrogen) atoms. The van der Waals surface area contributed by atoms with Crippen LogP contribution < -0.4 is 5.32 Å². The second-order valence-corrected chi connectivity index (χ2v) is 9.83. The number of aliphatic carboxylic acids is 2. The number of carbonyl (C=O) groups is 3. The highest BCUT2D eigenvalue weighted by Crippen LogP contribution is 2.42. The third kappa shape index (κ3) is 9.16. The molecule has 0 aromatic carbocycles. The monoisotopic (exact) mass is 603 g/mol. The topological polar surface area (TPSA) is 147 Å². The third-order valence-electron chi connectivity index (χ3n) is 6.11. The zero-order valence-corrected chi connectivity index (χ0v) is 22.1. The fourth-order valence-corrected chi connectivity index (χ4v) is 4.91. The van der Waals surface area contributed by atoms with Gasteiger partial charge in [0, 0.05) is 50.9 Å². The molecule has 0 aliphatic carbocycles. The maximum atomic E-state index is 12.2. The highest BCUT2D eigenvalue weighted by atomic mass is 32.1. The van der Waals surface area contributed by atoms with E-state index in [1.165, 1.54) is 4.88 Å². The first-order valence-corrected chi connectivity index (χ1v) is 12.5. The van der Waals surface area contributed by atoms with Crippen molar-refractivity contribution >= 4 is 29.2 Å². The van der Waals surface area contributed by atoms with Crippen molar-refractivity contribution in [2.45, 2.75) is 44.3 Å². The van der Waals surface area contributed by atoms with E-state index in [-0.39, 0.29) is 11.5 Å². The molecule has 1 unspecified atom stereocenters. The van der Waals surface area contributed by atoms with Crippen molar-refractivity contribution in [2.24, 2.45) is 13.0 Å². The molecular formula is C22H27F6N5O6S. The van der Waals surface area contributed by atoms with Gasteiger partial charge in [0.2, 0.25) is 0 Å². The minimum atomic E-state index is -5.08. The summed E-state index contributed by atoms with van der Waals surface area (Å²) in [6, 6.07) is 1.74. The molecule has 0 bridgehead atoms. The van der Waals surface area contributed by atoms with Gasteiger partial charge in [-0.25, -0.2) is 14.6 Å². The van der Waals surface area contributed by atoms with E-state index in [1.54, 1.807) is 35.3 Å². The predicted molar refractivity (Wildman–Crippen MR) is 126 cm³/mol. The number of hydrogen-bond acceptors (Lipinski definition) is 8. The van der Waals surface area contributed by atoms with Gasteiger partial charge in [-0.05, 0) is 31.7 Å². The molecule has 4 heterocycles. The van der Waals surface area contributed by atoms with E-state index in [0.717, 1.165) is 44.8 Å². The molecule has 1 atom stereocenters. The molecule has 2 aliphatic rings. The molecular weight excluding hydrogens is 576 g/mol. The van der Waals surface area contributed by atoms with Crippen molar-refractivity contribution in [2.75, 3.05) is 26.2 Å². The number of alkyl halides is 6. The molecule has 11 nitrogen and oxygen atoms in total. The maximum Gasteiger partial charge on any atom is 0.490 e. The van der Waals surface area contributed by atoms with Gasteiger partial charge in [-0.3, -0.25) is 14.4 Å². The van der Waals surface area contributed by atoms with Crippen LogP contribution in [0.25, 0.3) is 0 Å². The van der Waals surface area contributed by atoms with Gasteiger partial charge in [-0.2, -0.15) is 31.4 Å². The molecule has 1 amide bonds. The van der Waals surface area contributed by atoms with Crippen LogP contribution in [0.2, 0.25) is 0 Å². The molecule has 2 aromatic heterocycles. The normalized spacial score (nSPS) is 18.1. The van der Waals surface area contributed by atoms with Crippen molar-refractivity contribution in [1.29, 1.82) is 0 Å². The van der Waals surface area contributed by atoms with Crippen LogP contribution in [-0.4, -0.2) is 91.9 Å². The lowest BCUT2D eigenvalue weighted by molar-refractivity contribution is -0.193. The Labute approximate surface area is 227 Å². The molecule has 0 saturated carbocycles. The number of hydrogen-bond donors (Lipinski definition) is 3. The standard InChI is InChI=1S/C18H25N5O2S.2C2HF3O2/c1-13-16(26-12-20-13)9-23-10-18(11-23)14(5-8-25-18)3-6-19-17(24)15-4-7-21-22(15)2;2*3-2(4,5)1(6)7/h4,7,12,14H,3,5-6,8-11H2,1-2H3,(H,19,24);2*(H,6,7). The summed E-state index contributed by atoms with van der Waals surface area (Å²) in [6.07, 6.45) is -6.49. The second kappa shape index (κ2) is 13.4. The van der Waals surface area contributed by atoms with Crippen LogP contribution in [0.5, 0.6) is 0 Å². The average molecular weight is 604 g/mol. The van der Waals surface area contributed by atoms with Gasteiger partial charge in [0.05, 0.1) is 16.8 Å². The number of nitrogens with one attached hydrogen (secondary N) is 1. The number of ether oxygens (including phenoxy) is 1. The predicted octanol–water partition coefficient (Wildman–Crippen LogP) is 2.86. The fourth-order valence-electron chi connectivity index (χ4n) is 4.09. The largest absolute Gasteiger partial charge is 0.490 e. The van der Waals surface area contributed by atoms with Crippen LogP contribution in [0.1, 0.15) is 33.9 Å². The molecule has 2 aliphatic heterocycles. The van der Waals surface area contributed by atoms with Gasteiger partial charge < -0.3 is 20.3 Å². The summed E-state index contributed by atoms with van der Waals surface area (Å²) in [5.74, 6) is -5.07. The molecule has 4 rings (SSSR count). The summed E-state index contributed by atoms with van der Waals surface area (Å²) in [4.78, 5) is 38.1. The maximum absolute atomic E-state index is 12.2. The van der Waals surface area contributed by atoms with Crippen molar-refractivity contribution in [3.05, 3.63) is 34.0 Å². The summed E-state index contributed by atoms with van der Waals surface area (Å²) in [6.45, 7) is 6.49. The van der Waals surface area contributed by atoms with Crippen LogP contribution in [0.4, 0.5) is 26.3 Å². The zero-order valence-electron chi connectivity index (χ0n) is 21.3. The van der Waals surface area contributed by atoms with E-state index < -0.39 is 24.3 Å². The number of carboxylic acid groups (broad SMARTS) is 2. The Hall–Kier alpha value is -3.25. The lowest BCUT2D eigenvalue weighted by atomic mass is 9.79. The first-order valence-electron chi connectivity index (χ1n) is 11.6. The number of rotatable bonds is 6. The minimum absolute atomic E-state index is 0.0180. The number of carboxylic acids is 2. The fraction of sp³-hybridized carbons (Fsp3) is 0.591. The molecule has 224 valence electrons. The first kappa shape index (κ1) is 33.0. The Morgan fingerprint density at radius 3 is 2.17 bits per heavy atom. The Bertz CT molecular complexity index is 1140. The number of amides is 1. The lowest BCUT2D eigenvalue weighted by Crippen LogP contribution is -2.64. The van der Waals surface area contributed by atoms with E-state index in [2.05, 4.69) is 27.2 Å². The van der Waals surface area contributed by atoms with Crippen molar-refractivity contribution < 1.29 is 55.7 Å².